The van der Waals surface area contributed by atoms with Crippen molar-refractivity contribution in [2.45, 2.75) is 32.0 Å². The molecule has 0 aliphatic carbocycles. The Balaban J connectivity index is 1.98. The largest absolute Gasteiger partial charge is 0.373 e. The normalized spacial score (nSPS) is 27.1. The molecule has 2 rings (SSSR count). The molecule has 0 amide bonds. The fourth-order valence-corrected chi connectivity index (χ4v) is 3.07. The first-order valence-corrected chi connectivity index (χ1v) is 7.36. The Hall–Kier alpha value is -0.510. The van der Waals surface area contributed by atoms with E-state index in [2.05, 4.69) is 61.7 Å². The SMILES string of the molecule is CC1CN(CC(CS)c2ccccc2)CC(C)O1. The molecule has 2 nitrogen and oxygen atoms in total. The van der Waals surface area contributed by atoms with Crippen molar-refractivity contribution in [3.8, 4) is 0 Å². The van der Waals surface area contributed by atoms with Crippen molar-refractivity contribution in [3.05, 3.63) is 35.9 Å². The molecule has 18 heavy (non-hydrogen) atoms. The maximum Gasteiger partial charge on any atom is 0.0678 e. The van der Waals surface area contributed by atoms with E-state index in [1.807, 2.05) is 0 Å². The monoisotopic (exact) mass is 265 g/mol. The second-order valence-corrected chi connectivity index (χ2v) is 5.63. The van der Waals surface area contributed by atoms with Gasteiger partial charge < -0.3 is 4.74 Å². The summed E-state index contributed by atoms with van der Waals surface area (Å²) in [6.45, 7) is 7.44. The van der Waals surface area contributed by atoms with Gasteiger partial charge in [-0.3, -0.25) is 4.90 Å². The number of hydrogen-bond donors (Lipinski definition) is 1. The Kier molecular flexibility index (Phi) is 5.10. The smallest absolute Gasteiger partial charge is 0.0678 e. The molecule has 1 aromatic carbocycles. The highest BCUT2D eigenvalue weighted by atomic mass is 32.1. The fraction of sp³-hybridized carbons (Fsp3) is 0.600. The molecule has 0 N–H and O–H groups in total. The number of hydrogen-bond acceptors (Lipinski definition) is 3. The Morgan fingerprint density at radius 2 is 1.83 bits per heavy atom. The van der Waals surface area contributed by atoms with E-state index in [9.17, 15) is 0 Å². The highest BCUT2D eigenvalue weighted by Crippen LogP contribution is 2.21. The lowest BCUT2D eigenvalue weighted by atomic mass is 10.00. The standard InChI is InChI=1S/C15H23NOS/c1-12-8-16(9-13(2)17-12)10-15(11-18)14-6-4-3-5-7-14/h3-7,12-13,15,18H,8-11H2,1-2H3. The van der Waals surface area contributed by atoms with Gasteiger partial charge in [-0.2, -0.15) is 12.6 Å². The first kappa shape index (κ1) is 13.9. The van der Waals surface area contributed by atoms with Crippen molar-refractivity contribution in [3.63, 3.8) is 0 Å². The van der Waals surface area contributed by atoms with Crippen LogP contribution in [-0.4, -0.2) is 42.5 Å². The van der Waals surface area contributed by atoms with E-state index < -0.39 is 0 Å². The molecule has 0 aromatic heterocycles. The maximum absolute atomic E-state index is 5.78. The number of nitrogens with zero attached hydrogens (tertiary/aromatic N) is 1. The molecule has 0 saturated carbocycles. The van der Waals surface area contributed by atoms with Crippen molar-refractivity contribution in [1.29, 1.82) is 0 Å². The minimum absolute atomic E-state index is 0.338. The molecule has 3 heteroatoms. The van der Waals surface area contributed by atoms with Gasteiger partial charge in [-0.05, 0) is 25.2 Å². The predicted molar refractivity (Wildman–Crippen MR) is 79.5 cm³/mol. The van der Waals surface area contributed by atoms with Crippen LogP contribution in [0, 0.1) is 0 Å². The minimum atomic E-state index is 0.338. The van der Waals surface area contributed by atoms with E-state index in [0.717, 1.165) is 25.4 Å². The highest BCUT2D eigenvalue weighted by molar-refractivity contribution is 7.80. The number of rotatable bonds is 4. The molecule has 1 aliphatic rings. The Bertz CT molecular complexity index is 347. The van der Waals surface area contributed by atoms with E-state index in [0.29, 0.717) is 18.1 Å². The van der Waals surface area contributed by atoms with Gasteiger partial charge in [0.05, 0.1) is 12.2 Å². The van der Waals surface area contributed by atoms with Crippen LogP contribution in [0.25, 0.3) is 0 Å². The molecule has 0 radical (unpaired) electrons. The number of benzene rings is 1. The summed E-state index contributed by atoms with van der Waals surface area (Å²) in [7, 11) is 0. The van der Waals surface area contributed by atoms with Gasteiger partial charge in [0.2, 0.25) is 0 Å². The van der Waals surface area contributed by atoms with Crippen LogP contribution in [0.15, 0.2) is 30.3 Å². The zero-order chi connectivity index (χ0) is 13.0. The third-order valence-corrected chi connectivity index (χ3v) is 3.91. The van der Waals surface area contributed by atoms with E-state index in [4.69, 9.17) is 4.74 Å². The Labute approximate surface area is 116 Å². The first-order chi connectivity index (χ1) is 8.69. The first-order valence-electron chi connectivity index (χ1n) is 6.72. The van der Waals surface area contributed by atoms with Gasteiger partial charge >= 0.3 is 0 Å². The molecule has 1 saturated heterocycles. The third-order valence-electron chi connectivity index (χ3n) is 3.47. The van der Waals surface area contributed by atoms with Crippen LogP contribution in [0.1, 0.15) is 25.3 Å². The van der Waals surface area contributed by atoms with Crippen molar-refractivity contribution in [2.24, 2.45) is 0 Å². The Morgan fingerprint density at radius 3 is 2.39 bits per heavy atom. The number of morpholine rings is 1. The molecular weight excluding hydrogens is 242 g/mol. The minimum Gasteiger partial charge on any atom is -0.373 e. The highest BCUT2D eigenvalue weighted by Gasteiger charge is 2.24. The molecule has 3 unspecified atom stereocenters. The predicted octanol–water partition coefficient (Wildman–Crippen LogP) is 2.81. The van der Waals surface area contributed by atoms with Gasteiger partial charge in [0, 0.05) is 25.6 Å². The summed E-state index contributed by atoms with van der Waals surface area (Å²) in [5.41, 5.74) is 1.39. The van der Waals surface area contributed by atoms with Crippen LogP contribution in [0.2, 0.25) is 0 Å². The second kappa shape index (κ2) is 6.60. The third kappa shape index (κ3) is 3.74. The summed E-state index contributed by atoms with van der Waals surface area (Å²) in [5.74, 6) is 1.40. The van der Waals surface area contributed by atoms with Crippen LogP contribution in [-0.2, 0) is 4.74 Å². The van der Waals surface area contributed by atoms with E-state index >= 15 is 0 Å². The van der Waals surface area contributed by atoms with Crippen LogP contribution in [0.4, 0.5) is 0 Å². The lowest BCUT2D eigenvalue weighted by Gasteiger charge is -2.37. The van der Waals surface area contributed by atoms with Crippen LogP contribution in [0.3, 0.4) is 0 Å². The average Bonchev–Trinajstić information content (AvgIpc) is 2.36. The van der Waals surface area contributed by atoms with Crippen molar-refractivity contribution >= 4 is 12.6 Å². The summed E-state index contributed by atoms with van der Waals surface area (Å²) in [6, 6.07) is 10.7. The van der Waals surface area contributed by atoms with Gasteiger partial charge in [-0.25, -0.2) is 0 Å². The van der Waals surface area contributed by atoms with Gasteiger partial charge in [-0.15, -0.1) is 0 Å². The van der Waals surface area contributed by atoms with Crippen molar-refractivity contribution < 1.29 is 4.74 Å². The van der Waals surface area contributed by atoms with Gasteiger partial charge in [0.15, 0.2) is 0 Å². The van der Waals surface area contributed by atoms with Crippen LogP contribution >= 0.6 is 12.6 Å². The summed E-state index contributed by atoms with van der Waals surface area (Å²) >= 11 is 4.51. The van der Waals surface area contributed by atoms with Gasteiger partial charge in [-0.1, -0.05) is 30.3 Å². The summed E-state index contributed by atoms with van der Waals surface area (Å²) in [6.07, 6.45) is 0.676. The van der Waals surface area contributed by atoms with Gasteiger partial charge in [0.1, 0.15) is 0 Å². The quantitative estimate of drug-likeness (QED) is 0.841. The topological polar surface area (TPSA) is 12.5 Å². The molecule has 3 atom stereocenters. The van der Waals surface area contributed by atoms with E-state index in [1.54, 1.807) is 0 Å². The fourth-order valence-electron chi connectivity index (χ4n) is 2.74. The summed E-state index contributed by atoms with van der Waals surface area (Å²) in [5, 5.41) is 0. The molecule has 1 aliphatic heterocycles. The second-order valence-electron chi connectivity index (χ2n) is 5.27. The summed E-state index contributed by atoms with van der Waals surface area (Å²) in [4.78, 5) is 2.51. The van der Waals surface area contributed by atoms with Gasteiger partial charge in [0.25, 0.3) is 0 Å². The molecule has 1 aromatic rings. The summed E-state index contributed by atoms with van der Waals surface area (Å²) < 4.78 is 5.78. The van der Waals surface area contributed by atoms with Crippen molar-refractivity contribution in [1.82, 2.24) is 4.90 Å². The molecular formula is C15H23NOS. The van der Waals surface area contributed by atoms with E-state index in [1.165, 1.54) is 5.56 Å². The molecule has 1 heterocycles. The zero-order valence-corrected chi connectivity index (χ0v) is 12.1. The lowest BCUT2D eigenvalue weighted by molar-refractivity contribution is -0.0688. The average molecular weight is 265 g/mol. The molecule has 100 valence electrons. The van der Waals surface area contributed by atoms with Crippen molar-refractivity contribution in [2.75, 3.05) is 25.4 Å². The van der Waals surface area contributed by atoms with Crippen LogP contribution in [0.5, 0.6) is 0 Å². The number of thiol groups is 1. The zero-order valence-electron chi connectivity index (χ0n) is 11.2. The maximum atomic E-state index is 5.78. The molecule has 0 bridgehead atoms. The molecule has 0 spiro atoms. The number of ether oxygens (including phenoxy) is 1. The van der Waals surface area contributed by atoms with Crippen LogP contribution < -0.4 is 0 Å². The lowest BCUT2D eigenvalue weighted by Crippen LogP contribution is -2.46. The molecule has 1 fully saturated rings. The Morgan fingerprint density at radius 1 is 1.22 bits per heavy atom. The van der Waals surface area contributed by atoms with E-state index in [-0.39, 0.29) is 0 Å².